The third kappa shape index (κ3) is 7.45. The first-order valence-electron chi connectivity index (χ1n) is 18.2. The van der Waals surface area contributed by atoms with Gasteiger partial charge in [0.1, 0.15) is 17.7 Å². The maximum atomic E-state index is 13.6. The molecule has 3 saturated carbocycles. The van der Waals surface area contributed by atoms with E-state index in [-0.39, 0.29) is 37.2 Å². The number of aromatic nitrogens is 3. The standard InChI is InChI=1S/C38H49N5O6S/c1-24-33(48-2)11-10-31(41-24)26-6-4-25(5-7-26)20-40-36(45)27-12-15-38(16-13-27,19-35(44)43-21-30(22-43)50(3,46)47)34-18-29(14-17-39-34)32-23-49-37(42-32)28-8-9-28/h10-11,14,17-18,23,25-28,30H,4-9,12-13,15-16,19-22H2,1-3H3,(H,40,45). The van der Waals surface area contributed by atoms with Crippen LogP contribution in [0, 0.1) is 18.8 Å². The van der Waals surface area contributed by atoms with Gasteiger partial charge in [-0.15, -0.1) is 0 Å². The molecule has 1 aliphatic heterocycles. The number of amides is 2. The maximum absolute atomic E-state index is 13.6. The molecule has 11 nitrogen and oxygen atoms in total. The minimum atomic E-state index is -3.19. The lowest BCUT2D eigenvalue weighted by Crippen LogP contribution is -2.57. The van der Waals surface area contributed by atoms with E-state index in [0.29, 0.717) is 50.0 Å². The number of sulfone groups is 1. The second-order valence-electron chi connectivity index (χ2n) is 15.2. The molecule has 4 fully saturated rings. The van der Waals surface area contributed by atoms with Crippen molar-refractivity contribution in [3.05, 3.63) is 59.7 Å². The summed E-state index contributed by atoms with van der Waals surface area (Å²) in [6.45, 7) is 3.12. The minimum absolute atomic E-state index is 0.0620. The van der Waals surface area contributed by atoms with Gasteiger partial charge >= 0.3 is 0 Å². The van der Waals surface area contributed by atoms with Crippen molar-refractivity contribution >= 4 is 21.7 Å². The Morgan fingerprint density at radius 2 is 1.72 bits per heavy atom. The quantitative estimate of drug-likeness (QED) is 0.274. The Morgan fingerprint density at radius 1 is 1.00 bits per heavy atom. The lowest BCUT2D eigenvalue weighted by Gasteiger charge is -2.43. The third-order valence-electron chi connectivity index (χ3n) is 11.8. The molecule has 50 heavy (non-hydrogen) atoms. The highest BCUT2D eigenvalue weighted by Gasteiger charge is 2.45. The molecule has 0 aromatic carbocycles. The maximum Gasteiger partial charge on any atom is 0.223 e. The summed E-state index contributed by atoms with van der Waals surface area (Å²) in [6, 6.07) is 8.03. The molecule has 1 saturated heterocycles. The van der Waals surface area contributed by atoms with E-state index in [1.54, 1.807) is 24.5 Å². The van der Waals surface area contributed by atoms with E-state index < -0.39 is 20.5 Å². The van der Waals surface area contributed by atoms with E-state index in [1.165, 1.54) is 6.26 Å². The van der Waals surface area contributed by atoms with Gasteiger partial charge in [-0.1, -0.05) is 0 Å². The van der Waals surface area contributed by atoms with Crippen LogP contribution in [0.5, 0.6) is 5.75 Å². The number of nitrogens with one attached hydrogen (secondary N) is 1. The summed E-state index contributed by atoms with van der Waals surface area (Å²) in [5.41, 5.74) is 3.96. The Morgan fingerprint density at radius 3 is 2.38 bits per heavy atom. The fourth-order valence-corrected chi connectivity index (χ4v) is 9.05. The molecule has 0 atom stereocenters. The number of likely N-dealkylation sites (tertiary alicyclic amines) is 1. The molecule has 0 unspecified atom stereocenters. The topological polar surface area (TPSA) is 145 Å². The van der Waals surface area contributed by atoms with E-state index >= 15 is 0 Å². The zero-order chi connectivity index (χ0) is 35.0. The zero-order valence-electron chi connectivity index (χ0n) is 29.4. The molecule has 4 heterocycles. The predicted octanol–water partition coefficient (Wildman–Crippen LogP) is 5.49. The van der Waals surface area contributed by atoms with Crippen molar-refractivity contribution in [1.29, 1.82) is 0 Å². The lowest BCUT2D eigenvalue weighted by molar-refractivity contribution is -0.136. The number of ether oxygens (including phenoxy) is 1. The highest BCUT2D eigenvalue weighted by molar-refractivity contribution is 7.91. The molecule has 4 aliphatic rings. The van der Waals surface area contributed by atoms with Crippen molar-refractivity contribution in [2.75, 3.05) is 33.0 Å². The molecule has 0 radical (unpaired) electrons. The monoisotopic (exact) mass is 703 g/mol. The summed E-state index contributed by atoms with van der Waals surface area (Å²) < 4.78 is 35.2. The van der Waals surface area contributed by atoms with Crippen LogP contribution in [0.3, 0.4) is 0 Å². The number of oxazole rings is 1. The third-order valence-corrected chi connectivity index (χ3v) is 13.3. The summed E-state index contributed by atoms with van der Waals surface area (Å²) in [7, 11) is -1.52. The van der Waals surface area contributed by atoms with Crippen molar-refractivity contribution in [1.82, 2.24) is 25.2 Å². The highest BCUT2D eigenvalue weighted by Crippen LogP contribution is 2.46. The van der Waals surface area contributed by atoms with Gasteiger partial charge in [0.25, 0.3) is 0 Å². The number of hydrogen-bond donors (Lipinski definition) is 1. The molecular formula is C38H49N5O6S. The summed E-state index contributed by atoms with van der Waals surface area (Å²) in [5, 5.41) is 2.77. The van der Waals surface area contributed by atoms with Crippen LogP contribution in [-0.2, 0) is 24.8 Å². The fourth-order valence-electron chi connectivity index (χ4n) is 8.15. The first-order valence-corrected chi connectivity index (χ1v) is 20.1. The molecule has 0 spiro atoms. The number of rotatable bonds is 11. The van der Waals surface area contributed by atoms with E-state index in [4.69, 9.17) is 24.1 Å². The largest absolute Gasteiger partial charge is 0.495 e. The Hall–Kier alpha value is -3.80. The van der Waals surface area contributed by atoms with Crippen LogP contribution < -0.4 is 10.1 Å². The average molecular weight is 704 g/mol. The Bertz CT molecular complexity index is 1820. The molecule has 3 aliphatic carbocycles. The number of nitrogens with zero attached hydrogens (tertiary/aromatic N) is 4. The van der Waals surface area contributed by atoms with Crippen LogP contribution in [0.25, 0.3) is 11.3 Å². The van der Waals surface area contributed by atoms with Crippen LogP contribution in [0.15, 0.2) is 41.1 Å². The lowest BCUT2D eigenvalue weighted by atomic mass is 9.66. The van der Waals surface area contributed by atoms with Gasteiger partial charge in [0.05, 0.1) is 18.1 Å². The summed E-state index contributed by atoms with van der Waals surface area (Å²) >= 11 is 0. The minimum Gasteiger partial charge on any atom is -0.495 e. The van der Waals surface area contributed by atoms with Gasteiger partial charge < -0.3 is 19.4 Å². The highest BCUT2D eigenvalue weighted by atomic mass is 32.2. The van der Waals surface area contributed by atoms with Gasteiger partial charge in [0.15, 0.2) is 15.7 Å². The number of hydrogen-bond acceptors (Lipinski definition) is 9. The molecule has 7 rings (SSSR count). The van der Waals surface area contributed by atoms with Gasteiger partial charge in [-0.3, -0.25) is 19.6 Å². The van der Waals surface area contributed by atoms with Crippen LogP contribution >= 0.6 is 0 Å². The van der Waals surface area contributed by atoms with Gasteiger partial charge in [-0.05, 0) is 101 Å². The Kier molecular flexibility index (Phi) is 9.75. The molecule has 3 aromatic heterocycles. The normalized spacial score (nSPS) is 25.9. The SMILES string of the molecule is COc1ccc(C2CCC(CNC(=O)C3CCC(CC(=O)N4CC(S(C)(=O)=O)C4)(c4cc(-c5coc(C6CC6)n5)ccn4)CC3)CC2)nc1C. The van der Waals surface area contributed by atoms with Crippen LogP contribution in [0.4, 0.5) is 0 Å². The van der Waals surface area contributed by atoms with Crippen LogP contribution in [-0.4, -0.2) is 78.3 Å². The van der Waals surface area contributed by atoms with E-state index in [0.717, 1.165) is 78.5 Å². The first-order chi connectivity index (χ1) is 24.0. The summed E-state index contributed by atoms with van der Waals surface area (Å²) in [6.07, 6.45) is 13.9. The van der Waals surface area contributed by atoms with Crippen LogP contribution in [0.1, 0.15) is 105 Å². The number of carbonyl (C=O) groups excluding carboxylic acids is 2. The average Bonchev–Trinajstić information content (AvgIpc) is 3.82. The van der Waals surface area contributed by atoms with E-state index in [1.807, 2.05) is 25.1 Å². The number of aryl methyl sites for hydroxylation is 1. The van der Waals surface area contributed by atoms with Gasteiger partial charge in [0, 0.05) is 78.6 Å². The zero-order valence-corrected chi connectivity index (χ0v) is 30.2. The molecule has 3 aromatic rings. The number of pyridine rings is 2. The molecular weight excluding hydrogens is 655 g/mol. The smallest absolute Gasteiger partial charge is 0.223 e. The van der Waals surface area contributed by atoms with Crippen molar-refractivity contribution in [2.24, 2.45) is 11.8 Å². The second-order valence-corrected chi connectivity index (χ2v) is 17.6. The predicted molar refractivity (Wildman–Crippen MR) is 188 cm³/mol. The molecule has 12 heteroatoms. The van der Waals surface area contributed by atoms with Gasteiger partial charge in [-0.25, -0.2) is 13.4 Å². The fraction of sp³-hybridized carbons (Fsp3) is 0.605. The van der Waals surface area contributed by atoms with E-state index in [9.17, 15) is 18.0 Å². The number of carbonyl (C=O) groups is 2. The molecule has 1 N–H and O–H groups in total. The second kappa shape index (κ2) is 14.1. The Balaban J connectivity index is 0.980. The van der Waals surface area contributed by atoms with Crippen molar-refractivity contribution < 1.29 is 27.2 Å². The summed E-state index contributed by atoms with van der Waals surface area (Å²) in [5.74, 6) is 2.78. The van der Waals surface area contributed by atoms with Crippen molar-refractivity contribution in [3.63, 3.8) is 0 Å². The number of methoxy groups -OCH3 is 1. The Labute approximate surface area is 294 Å². The first kappa shape index (κ1) is 34.6. The van der Waals surface area contributed by atoms with Gasteiger partial charge in [-0.2, -0.15) is 0 Å². The molecule has 0 bridgehead atoms. The van der Waals surface area contributed by atoms with Crippen molar-refractivity contribution in [2.45, 2.75) is 100 Å². The van der Waals surface area contributed by atoms with E-state index in [2.05, 4.69) is 11.4 Å². The summed E-state index contributed by atoms with van der Waals surface area (Å²) in [4.78, 5) is 43.1. The van der Waals surface area contributed by atoms with Crippen molar-refractivity contribution in [3.8, 4) is 17.0 Å². The van der Waals surface area contributed by atoms with Crippen LogP contribution in [0.2, 0.25) is 0 Å². The van der Waals surface area contributed by atoms with Gasteiger partial charge in [0.2, 0.25) is 11.8 Å². The molecule has 268 valence electrons. The molecule has 2 amide bonds.